The maximum Gasteiger partial charge on any atom is 0.357 e. The van der Waals surface area contributed by atoms with Gasteiger partial charge < -0.3 is 15.5 Å². The van der Waals surface area contributed by atoms with Gasteiger partial charge in [0, 0.05) is 18.5 Å². The van der Waals surface area contributed by atoms with Gasteiger partial charge in [-0.1, -0.05) is 26.0 Å². The van der Waals surface area contributed by atoms with Crippen LogP contribution in [0.2, 0.25) is 0 Å². The van der Waals surface area contributed by atoms with Crippen LogP contribution in [-0.2, 0) is 27.9 Å². The van der Waals surface area contributed by atoms with Crippen LogP contribution in [0.1, 0.15) is 36.2 Å². The van der Waals surface area contributed by atoms with E-state index in [-0.39, 0.29) is 18.1 Å². The molecule has 1 aliphatic rings. The van der Waals surface area contributed by atoms with Gasteiger partial charge in [0.1, 0.15) is 17.5 Å². The van der Waals surface area contributed by atoms with E-state index in [1.54, 1.807) is 21.9 Å². The number of likely N-dealkylation sites (N-methyl/N-ethyl adjacent to an activating group) is 1. The number of aliphatic hydroxyl groups is 2. The highest BCUT2D eigenvalue weighted by Crippen LogP contribution is 2.24. The fraction of sp³-hybridized carbons (Fsp3) is 0.524. The first-order chi connectivity index (χ1) is 16.1. The lowest BCUT2D eigenvalue weighted by Gasteiger charge is -2.41. The highest BCUT2D eigenvalue weighted by Gasteiger charge is 2.34. The van der Waals surface area contributed by atoms with E-state index in [0.717, 1.165) is 22.7 Å². The predicted molar refractivity (Wildman–Crippen MR) is 129 cm³/mol. The van der Waals surface area contributed by atoms with Gasteiger partial charge in [-0.2, -0.15) is 8.42 Å². The number of aryl methyl sites for hydroxylation is 1. The Bertz CT molecular complexity index is 1060. The molecule has 0 radical (unpaired) electrons. The van der Waals surface area contributed by atoms with Crippen molar-refractivity contribution >= 4 is 33.2 Å². The summed E-state index contributed by atoms with van der Waals surface area (Å²) in [6.45, 7) is 5.41. The van der Waals surface area contributed by atoms with Crippen molar-refractivity contribution in [2.24, 2.45) is 0 Å². The van der Waals surface area contributed by atoms with E-state index in [1.807, 2.05) is 23.9 Å². The minimum Gasteiger partial charge on any atom is -0.374 e. The normalized spacial score (nSPS) is 20.7. The Morgan fingerprint density at radius 3 is 2.41 bits per heavy atom. The van der Waals surface area contributed by atoms with Crippen molar-refractivity contribution in [3.8, 4) is 0 Å². The molecule has 0 bridgehead atoms. The molecule has 0 aliphatic carbocycles. The Hall–Kier alpha value is -2.13. The molecule has 1 aromatic heterocycles. The van der Waals surface area contributed by atoms with Crippen molar-refractivity contribution in [1.82, 2.24) is 20.1 Å². The van der Waals surface area contributed by atoms with Crippen LogP contribution in [0.4, 0.5) is 5.69 Å². The Labute approximate surface area is 203 Å². The van der Waals surface area contributed by atoms with Gasteiger partial charge in [-0.25, -0.2) is 4.98 Å². The number of benzene rings is 1. The van der Waals surface area contributed by atoms with Crippen LogP contribution in [0.25, 0.3) is 0 Å². The van der Waals surface area contributed by atoms with Gasteiger partial charge in [-0.15, -0.1) is 11.3 Å². The third kappa shape index (κ3) is 7.18. The van der Waals surface area contributed by atoms with Gasteiger partial charge in [-0.05, 0) is 37.1 Å². The van der Waals surface area contributed by atoms with E-state index in [9.17, 15) is 23.4 Å². The molecule has 2 heterocycles. The number of carbonyl (C=O) groups excluding carboxylic acids is 1. The lowest BCUT2D eigenvalue weighted by atomic mass is 10.1. The van der Waals surface area contributed by atoms with Crippen molar-refractivity contribution in [3.63, 3.8) is 0 Å². The number of hydrogen-bond acceptors (Lipinski definition) is 9. The fourth-order valence-electron chi connectivity index (χ4n) is 3.78. The van der Waals surface area contributed by atoms with Gasteiger partial charge in [0.05, 0.1) is 24.0 Å². The van der Waals surface area contributed by atoms with Crippen LogP contribution in [-0.4, -0.2) is 82.5 Å². The number of piperazine rings is 1. The third-order valence-corrected chi connectivity index (χ3v) is 7.15. The molecule has 0 spiro atoms. The van der Waals surface area contributed by atoms with Crippen molar-refractivity contribution in [3.05, 3.63) is 45.9 Å². The Balaban J connectivity index is 1.70. The maximum atomic E-state index is 12.9. The molecule has 11 nitrogen and oxygen atoms in total. The van der Waals surface area contributed by atoms with Crippen molar-refractivity contribution in [2.75, 3.05) is 30.9 Å². The van der Waals surface area contributed by atoms with Crippen molar-refractivity contribution in [1.29, 1.82) is 0 Å². The monoisotopic (exact) mass is 513 g/mol. The maximum absolute atomic E-state index is 12.9. The molecule has 34 heavy (non-hydrogen) atoms. The fourth-order valence-corrected chi connectivity index (χ4v) is 5.17. The number of amides is 1. The van der Waals surface area contributed by atoms with Crippen LogP contribution < -0.4 is 10.0 Å². The molecule has 2 aromatic rings. The van der Waals surface area contributed by atoms with E-state index < -0.39 is 28.8 Å². The van der Waals surface area contributed by atoms with Crippen molar-refractivity contribution < 1.29 is 28.0 Å². The number of thiazole rings is 1. The van der Waals surface area contributed by atoms with Crippen LogP contribution in [0.15, 0.2) is 29.6 Å². The molecule has 1 aromatic carbocycles. The number of rotatable bonds is 10. The molecule has 13 heteroatoms. The second kappa shape index (κ2) is 11.5. The number of anilines is 1. The standard InChI is InChI=1S/C21H31N5O6S2/c1-3-15-13-33-19(22-15)17(11-14-5-7-16(8-6-14)24-34(30,31)32)23-18(27)12-26-10-9-25(4-2)20(28)21(26)29/h5-8,13,17,20-21,24,28-29H,3-4,9-12H2,1-2H3,(H,23,27)(H,30,31,32)/t17-,20-,21-/m0/s1. The first-order valence-electron chi connectivity index (χ1n) is 11.0. The lowest BCUT2D eigenvalue weighted by molar-refractivity contribution is -0.178. The van der Waals surface area contributed by atoms with Crippen LogP contribution in [0.3, 0.4) is 0 Å². The van der Waals surface area contributed by atoms with E-state index in [2.05, 4.69) is 10.3 Å². The number of carbonyl (C=O) groups is 1. The Morgan fingerprint density at radius 2 is 1.82 bits per heavy atom. The van der Waals surface area contributed by atoms with Crippen molar-refractivity contribution in [2.45, 2.75) is 45.2 Å². The summed E-state index contributed by atoms with van der Waals surface area (Å²) in [5, 5.41) is 26.3. The summed E-state index contributed by atoms with van der Waals surface area (Å²) >= 11 is 1.44. The molecule has 1 amide bonds. The molecular formula is C21H31N5O6S2. The Morgan fingerprint density at radius 1 is 1.18 bits per heavy atom. The minimum atomic E-state index is -4.36. The second-order valence-corrected chi connectivity index (χ2v) is 10.1. The van der Waals surface area contributed by atoms with Gasteiger partial charge >= 0.3 is 10.3 Å². The van der Waals surface area contributed by atoms with Gasteiger partial charge in [0.15, 0.2) is 0 Å². The number of hydrogen-bond donors (Lipinski definition) is 5. The summed E-state index contributed by atoms with van der Waals surface area (Å²) < 4.78 is 32.9. The molecular weight excluding hydrogens is 482 g/mol. The van der Waals surface area contributed by atoms with Crippen LogP contribution in [0.5, 0.6) is 0 Å². The predicted octanol–water partition coefficient (Wildman–Crippen LogP) is 0.595. The Kier molecular flexibility index (Phi) is 8.98. The SMILES string of the molecule is CCc1csc([C@H](Cc2ccc(NS(=O)(=O)O)cc2)NC(=O)CN2CCN(CC)[C@@H](O)[C@@H]2O)n1. The average Bonchev–Trinajstić information content (AvgIpc) is 3.26. The summed E-state index contributed by atoms with van der Waals surface area (Å²) in [7, 11) is -4.36. The van der Waals surface area contributed by atoms with Gasteiger partial charge in [0.25, 0.3) is 0 Å². The van der Waals surface area contributed by atoms with E-state index in [0.29, 0.717) is 26.1 Å². The summed E-state index contributed by atoms with van der Waals surface area (Å²) in [4.78, 5) is 20.8. The van der Waals surface area contributed by atoms with Crippen LogP contribution in [0, 0.1) is 0 Å². The van der Waals surface area contributed by atoms with E-state index in [1.165, 1.54) is 23.5 Å². The summed E-state index contributed by atoms with van der Waals surface area (Å²) in [5.74, 6) is -0.306. The minimum absolute atomic E-state index is 0.0739. The molecule has 1 fully saturated rings. The first kappa shape index (κ1) is 26.5. The molecule has 1 aliphatic heterocycles. The second-order valence-electron chi connectivity index (χ2n) is 8.06. The quantitative estimate of drug-likeness (QED) is 0.287. The zero-order valence-electron chi connectivity index (χ0n) is 19.1. The van der Waals surface area contributed by atoms with E-state index >= 15 is 0 Å². The average molecular weight is 514 g/mol. The topological polar surface area (TPSA) is 155 Å². The van der Waals surface area contributed by atoms with Crippen LogP contribution >= 0.6 is 11.3 Å². The third-order valence-electron chi connectivity index (χ3n) is 5.65. The number of aromatic nitrogens is 1. The van der Waals surface area contributed by atoms with Gasteiger partial charge in [0.2, 0.25) is 5.91 Å². The molecule has 188 valence electrons. The van der Waals surface area contributed by atoms with Gasteiger partial charge in [-0.3, -0.25) is 23.9 Å². The van der Waals surface area contributed by atoms with E-state index in [4.69, 9.17) is 4.55 Å². The smallest absolute Gasteiger partial charge is 0.357 e. The zero-order valence-corrected chi connectivity index (χ0v) is 20.7. The molecule has 0 saturated carbocycles. The molecule has 5 N–H and O–H groups in total. The highest BCUT2D eigenvalue weighted by atomic mass is 32.2. The summed E-state index contributed by atoms with van der Waals surface area (Å²) in [6.07, 6.45) is -1.04. The number of nitrogens with one attached hydrogen (secondary N) is 2. The number of nitrogens with zero attached hydrogens (tertiary/aromatic N) is 3. The first-order valence-corrected chi connectivity index (χ1v) is 13.3. The molecule has 1 saturated heterocycles. The highest BCUT2D eigenvalue weighted by molar-refractivity contribution is 7.87. The largest absolute Gasteiger partial charge is 0.374 e. The molecule has 3 atom stereocenters. The molecule has 0 unspecified atom stereocenters. The summed E-state index contributed by atoms with van der Waals surface area (Å²) in [5.41, 5.74) is 1.96. The lowest BCUT2D eigenvalue weighted by Crippen LogP contribution is -2.61. The zero-order chi connectivity index (χ0) is 24.9. The number of aliphatic hydroxyl groups excluding tert-OH is 2. The molecule has 3 rings (SSSR count). The summed E-state index contributed by atoms with van der Waals surface area (Å²) in [6, 6.07) is 6.01.